The summed E-state index contributed by atoms with van der Waals surface area (Å²) in [5, 5.41) is 11.8. The molecule has 102 valence electrons. The molecule has 1 amide bonds. The number of hydrogen-bond acceptors (Lipinski definition) is 4. The van der Waals surface area contributed by atoms with Gasteiger partial charge in [-0.25, -0.2) is 14.8 Å². The van der Waals surface area contributed by atoms with E-state index >= 15 is 0 Å². The van der Waals surface area contributed by atoms with Crippen LogP contribution in [0.5, 0.6) is 0 Å². The number of carboxylic acids is 1. The third-order valence-electron chi connectivity index (χ3n) is 2.58. The number of aromatic nitrogens is 2. The first-order valence-electron chi connectivity index (χ1n) is 5.61. The highest BCUT2D eigenvalue weighted by Gasteiger charge is 2.17. The van der Waals surface area contributed by atoms with Gasteiger partial charge in [0.1, 0.15) is 0 Å². The maximum atomic E-state index is 12.1. The van der Waals surface area contributed by atoms with Gasteiger partial charge in [-0.3, -0.25) is 4.79 Å². The Hall–Kier alpha value is -2.47. The summed E-state index contributed by atoms with van der Waals surface area (Å²) in [5.41, 5.74) is 0.743. The Morgan fingerprint density at radius 2 is 1.95 bits per heavy atom. The number of hydrogen-bond donors (Lipinski definition) is 2. The minimum absolute atomic E-state index is 0.107. The highest BCUT2D eigenvalue weighted by Crippen LogP contribution is 2.17. The SMILES string of the molecule is Cc1ccc(Cl)cc1C(=O)Nc1nccnc1C(=O)O. The fraction of sp³-hybridized carbons (Fsp3) is 0.0769. The number of anilines is 1. The van der Waals surface area contributed by atoms with Crippen molar-refractivity contribution in [1.82, 2.24) is 9.97 Å². The van der Waals surface area contributed by atoms with Crippen LogP contribution < -0.4 is 5.32 Å². The van der Waals surface area contributed by atoms with Gasteiger partial charge in [0.05, 0.1) is 0 Å². The minimum atomic E-state index is -1.27. The van der Waals surface area contributed by atoms with E-state index in [0.717, 1.165) is 0 Å². The van der Waals surface area contributed by atoms with E-state index in [4.69, 9.17) is 16.7 Å². The highest BCUT2D eigenvalue weighted by molar-refractivity contribution is 6.31. The number of nitrogens with zero attached hydrogens (tertiary/aromatic N) is 2. The number of carbonyl (C=O) groups excluding carboxylic acids is 1. The molecule has 0 saturated heterocycles. The Morgan fingerprint density at radius 3 is 2.65 bits per heavy atom. The summed E-state index contributed by atoms with van der Waals surface area (Å²) >= 11 is 5.84. The van der Waals surface area contributed by atoms with Crippen molar-refractivity contribution in [3.8, 4) is 0 Å². The van der Waals surface area contributed by atoms with Gasteiger partial charge >= 0.3 is 5.97 Å². The molecule has 0 aliphatic heterocycles. The average molecular weight is 292 g/mol. The highest BCUT2D eigenvalue weighted by atomic mass is 35.5. The van der Waals surface area contributed by atoms with Crippen LogP contribution in [-0.4, -0.2) is 27.0 Å². The molecule has 2 rings (SSSR count). The second kappa shape index (κ2) is 5.66. The van der Waals surface area contributed by atoms with Crippen molar-refractivity contribution in [2.75, 3.05) is 5.32 Å². The summed E-state index contributed by atoms with van der Waals surface area (Å²) in [6, 6.07) is 4.87. The molecule has 0 aliphatic carbocycles. The average Bonchev–Trinajstić information content (AvgIpc) is 2.41. The van der Waals surface area contributed by atoms with E-state index in [0.29, 0.717) is 16.1 Å². The van der Waals surface area contributed by atoms with Crippen molar-refractivity contribution in [2.45, 2.75) is 6.92 Å². The summed E-state index contributed by atoms with van der Waals surface area (Å²) in [6.45, 7) is 1.75. The maximum Gasteiger partial charge on any atom is 0.358 e. The van der Waals surface area contributed by atoms with E-state index in [1.54, 1.807) is 19.1 Å². The van der Waals surface area contributed by atoms with E-state index in [9.17, 15) is 9.59 Å². The zero-order chi connectivity index (χ0) is 14.7. The largest absolute Gasteiger partial charge is 0.476 e. The number of aromatic carboxylic acids is 1. The van der Waals surface area contributed by atoms with Crippen LogP contribution in [-0.2, 0) is 0 Å². The topological polar surface area (TPSA) is 92.2 Å². The molecule has 0 spiro atoms. The normalized spacial score (nSPS) is 10.1. The number of carbonyl (C=O) groups is 2. The molecule has 0 atom stereocenters. The number of aryl methyl sites for hydroxylation is 1. The Balaban J connectivity index is 2.33. The lowest BCUT2D eigenvalue weighted by molar-refractivity contribution is 0.0691. The lowest BCUT2D eigenvalue weighted by atomic mass is 10.1. The molecule has 0 saturated carbocycles. The zero-order valence-corrected chi connectivity index (χ0v) is 11.2. The summed E-state index contributed by atoms with van der Waals surface area (Å²) < 4.78 is 0. The number of carboxylic acid groups (broad SMARTS) is 1. The van der Waals surface area contributed by atoms with Crippen molar-refractivity contribution in [3.05, 3.63) is 52.4 Å². The van der Waals surface area contributed by atoms with E-state index in [1.807, 2.05) is 0 Å². The predicted molar refractivity (Wildman–Crippen MR) is 73.1 cm³/mol. The number of benzene rings is 1. The molecule has 0 fully saturated rings. The minimum Gasteiger partial charge on any atom is -0.476 e. The number of amides is 1. The van der Waals surface area contributed by atoms with Gasteiger partial charge in [-0.2, -0.15) is 0 Å². The fourth-order valence-corrected chi connectivity index (χ4v) is 1.77. The molecule has 0 unspecified atom stereocenters. The molecule has 1 aromatic carbocycles. The van der Waals surface area contributed by atoms with Gasteiger partial charge in [-0.1, -0.05) is 17.7 Å². The molecule has 6 nitrogen and oxygen atoms in total. The number of halogens is 1. The fourth-order valence-electron chi connectivity index (χ4n) is 1.60. The second-order valence-electron chi connectivity index (χ2n) is 3.97. The van der Waals surface area contributed by atoms with E-state index in [-0.39, 0.29) is 11.5 Å². The van der Waals surface area contributed by atoms with Gasteiger partial charge in [-0.15, -0.1) is 0 Å². The smallest absolute Gasteiger partial charge is 0.358 e. The van der Waals surface area contributed by atoms with Crippen molar-refractivity contribution < 1.29 is 14.7 Å². The molecule has 1 heterocycles. The predicted octanol–water partition coefficient (Wildman–Crippen LogP) is 2.39. The summed E-state index contributed by atoms with van der Waals surface area (Å²) in [7, 11) is 0. The number of nitrogens with one attached hydrogen (secondary N) is 1. The second-order valence-corrected chi connectivity index (χ2v) is 4.41. The van der Waals surface area contributed by atoms with Gasteiger partial charge in [0.25, 0.3) is 5.91 Å². The van der Waals surface area contributed by atoms with Gasteiger partial charge in [0.2, 0.25) is 0 Å². The maximum absolute atomic E-state index is 12.1. The van der Waals surface area contributed by atoms with Gasteiger partial charge in [0, 0.05) is 23.0 Å². The number of rotatable bonds is 3. The lowest BCUT2D eigenvalue weighted by Gasteiger charge is -2.08. The van der Waals surface area contributed by atoms with Crippen molar-refractivity contribution >= 4 is 29.3 Å². The zero-order valence-electron chi connectivity index (χ0n) is 10.4. The monoisotopic (exact) mass is 291 g/mol. The summed E-state index contributed by atoms with van der Waals surface area (Å²) in [6.07, 6.45) is 2.54. The Kier molecular flexibility index (Phi) is 3.95. The molecule has 1 aromatic heterocycles. The molecule has 20 heavy (non-hydrogen) atoms. The van der Waals surface area contributed by atoms with Gasteiger partial charge in [0.15, 0.2) is 11.5 Å². The van der Waals surface area contributed by atoms with Crippen LogP contribution in [0.25, 0.3) is 0 Å². The van der Waals surface area contributed by atoms with Crippen LogP contribution in [0.3, 0.4) is 0 Å². The van der Waals surface area contributed by atoms with E-state index < -0.39 is 11.9 Å². The van der Waals surface area contributed by atoms with E-state index in [1.165, 1.54) is 18.5 Å². The summed E-state index contributed by atoms with van der Waals surface area (Å²) in [5.74, 6) is -1.87. The Bertz CT molecular complexity index is 688. The van der Waals surface area contributed by atoms with Crippen LogP contribution in [0.15, 0.2) is 30.6 Å². The molecule has 2 N–H and O–H groups in total. The first kappa shape index (κ1) is 14.0. The van der Waals surface area contributed by atoms with Gasteiger partial charge in [-0.05, 0) is 24.6 Å². The molecule has 0 bridgehead atoms. The first-order chi connectivity index (χ1) is 9.49. The quantitative estimate of drug-likeness (QED) is 0.906. The van der Waals surface area contributed by atoms with Crippen LogP contribution in [0.2, 0.25) is 5.02 Å². The molecule has 0 radical (unpaired) electrons. The van der Waals surface area contributed by atoms with E-state index in [2.05, 4.69) is 15.3 Å². The first-order valence-corrected chi connectivity index (χ1v) is 5.98. The third kappa shape index (κ3) is 2.92. The summed E-state index contributed by atoms with van der Waals surface area (Å²) in [4.78, 5) is 30.6. The Morgan fingerprint density at radius 1 is 1.25 bits per heavy atom. The van der Waals surface area contributed by atoms with Crippen LogP contribution in [0, 0.1) is 6.92 Å². The molecular weight excluding hydrogens is 282 g/mol. The van der Waals surface area contributed by atoms with Crippen LogP contribution in [0.1, 0.15) is 26.4 Å². The lowest BCUT2D eigenvalue weighted by Crippen LogP contribution is -2.17. The Labute approximate surface area is 119 Å². The van der Waals surface area contributed by atoms with Crippen molar-refractivity contribution in [1.29, 1.82) is 0 Å². The van der Waals surface area contributed by atoms with Crippen molar-refractivity contribution in [3.63, 3.8) is 0 Å². The molecular formula is C13H10ClN3O3. The molecule has 7 heteroatoms. The molecule has 2 aromatic rings. The third-order valence-corrected chi connectivity index (χ3v) is 2.81. The van der Waals surface area contributed by atoms with Crippen molar-refractivity contribution in [2.24, 2.45) is 0 Å². The molecule has 0 aliphatic rings. The van der Waals surface area contributed by atoms with Crippen LogP contribution >= 0.6 is 11.6 Å². The van der Waals surface area contributed by atoms with Gasteiger partial charge < -0.3 is 10.4 Å². The standard InChI is InChI=1S/C13H10ClN3O3/c1-7-2-3-8(14)6-9(7)12(18)17-11-10(13(19)20)15-4-5-16-11/h2-6H,1H3,(H,19,20)(H,16,17,18). The van der Waals surface area contributed by atoms with Crippen LogP contribution in [0.4, 0.5) is 5.82 Å².